The predicted octanol–water partition coefficient (Wildman–Crippen LogP) is 0.668. The molecule has 2 unspecified atom stereocenters. The molecule has 0 bridgehead atoms. The normalized spacial score (nSPS) is 39.3. The Morgan fingerprint density at radius 2 is 1.87 bits per heavy atom. The molecule has 0 aromatic heterocycles. The minimum atomic E-state index is -1.62. The first-order chi connectivity index (χ1) is 10.8. The summed E-state index contributed by atoms with van der Waals surface area (Å²) in [6.07, 6.45) is 2.00. The van der Waals surface area contributed by atoms with E-state index in [1.165, 1.54) is 8.61 Å². The van der Waals surface area contributed by atoms with Gasteiger partial charge < -0.3 is 0 Å². The lowest BCUT2D eigenvalue weighted by Crippen LogP contribution is -2.49. The number of carbonyl (C=O) groups is 2. The van der Waals surface area contributed by atoms with Crippen LogP contribution in [0, 0.1) is 5.41 Å². The van der Waals surface area contributed by atoms with Gasteiger partial charge in [-0.25, -0.2) is 8.42 Å². The number of rotatable bonds is 3. The van der Waals surface area contributed by atoms with Crippen LogP contribution in [-0.2, 0) is 31.6 Å². The lowest BCUT2D eigenvalue weighted by atomic mass is 9.69. The third kappa shape index (κ3) is 1.85. The smallest absolute Gasteiger partial charge is 0.262 e. The molecule has 126 valence electrons. The van der Waals surface area contributed by atoms with Crippen molar-refractivity contribution in [2.45, 2.75) is 37.7 Å². The van der Waals surface area contributed by atoms with Crippen LogP contribution in [0.25, 0.3) is 0 Å². The van der Waals surface area contributed by atoms with Gasteiger partial charge in [-0.05, 0) is 27.2 Å². The maximum atomic E-state index is 13.0. The highest BCUT2D eigenvalue weighted by atomic mass is 32.2. The van der Waals surface area contributed by atoms with Gasteiger partial charge in [0.1, 0.15) is 27.2 Å². The van der Waals surface area contributed by atoms with Crippen LogP contribution in [-0.4, -0.2) is 52.4 Å². The quantitative estimate of drug-likeness (QED) is 0.697. The summed E-state index contributed by atoms with van der Waals surface area (Å²) in [4.78, 5) is 25.3. The SMILES string of the molecule is C=C(C)[C@@]12CC=C3C(=O)N(CC)S(=O)[C@@H]3[C@@H]1S(=O)N(CC)C2=O. The second-order valence-electron chi connectivity index (χ2n) is 6.01. The van der Waals surface area contributed by atoms with Gasteiger partial charge >= 0.3 is 0 Å². The Labute approximate surface area is 140 Å². The molecule has 0 aromatic carbocycles. The first-order valence-corrected chi connectivity index (χ1v) is 9.98. The summed E-state index contributed by atoms with van der Waals surface area (Å²) in [5.41, 5.74) is 0.0343. The molecular formula is C15H20N2O4S2. The Hall–Kier alpha value is -1.28. The van der Waals surface area contributed by atoms with E-state index >= 15 is 0 Å². The summed E-state index contributed by atoms with van der Waals surface area (Å²) in [7, 11) is -3.23. The molecule has 5 atom stereocenters. The van der Waals surface area contributed by atoms with Gasteiger partial charge in [-0.15, -0.1) is 0 Å². The highest BCUT2D eigenvalue weighted by molar-refractivity contribution is 7.89. The number of likely N-dealkylation sites (N-methyl/N-ethyl adjacent to an activating group) is 1. The highest BCUT2D eigenvalue weighted by Gasteiger charge is 2.67. The number of hydrogen-bond donors (Lipinski definition) is 0. The highest BCUT2D eigenvalue weighted by Crippen LogP contribution is 2.53. The number of amides is 2. The lowest BCUT2D eigenvalue weighted by molar-refractivity contribution is -0.133. The van der Waals surface area contributed by atoms with Crippen molar-refractivity contribution in [2.24, 2.45) is 5.41 Å². The fraction of sp³-hybridized carbons (Fsp3) is 0.600. The van der Waals surface area contributed by atoms with E-state index in [1.54, 1.807) is 26.8 Å². The van der Waals surface area contributed by atoms with E-state index in [0.717, 1.165) is 0 Å². The summed E-state index contributed by atoms with van der Waals surface area (Å²) in [6, 6.07) is 0. The third-order valence-corrected chi connectivity index (χ3v) is 8.96. The fourth-order valence-corrected chi connectivity index (χ4v) is 7.96. The van der Waals surface area contributed by atoms with Crippen molar-refractivity contribution >= 4 is 33.8 Å². The van der Waals surface area contributed by atoms with Crippen molar-refractivity contribution in [2.75, 3.05) is 13.1 Å². The van der Waals surface area contributed by atoms with Gasteiger partial charge in [0.05, 0.1) is 10.7 Å². The second-order valence-corrected chi connectivity index (χ2v) is 9.01. The summed E-state index contributed by atoms with van der Waals surface area (Å²) in [5, 5.41) is -1.39. The molecule has 6 nitrogen and oxygen atoms in total. The van der Waals surface area contributed by atoms with E-state index in [-0.39, 0.29) is 11.8 Å². The minimum Gasteiger partial charge on any atom is -0.273 e. The monoisotopic (exact) mass is 356 g/mol. The van der Waals surface area contributed by atoms with Crippen LogP contribution in [0.1, 0.15) is 27.2 Å². The van der Waals surface area contributed by atoms with Gasteiger partial charge in [-0.1, -0.05) is 18.2 Å². The Morgan fingerprint density at radius 3 is 2.39 bits per heavy atom. The van der Waals surface area contributed by atoms with Crippen LogP contribution in [0.2, 0.25) is 0 Å². The van der Waals surface area contributed by atoms with Gasteiger partial charge in [0, 0.05) is 18.7 Å². The van der Waals surface area contributed by atoms with Gasteiger partial charge in [-0.3, -0.25) is 18.2 Å². The van der Waals surface area contributed by atoms with Crippen molar-refractivity contribution in [3.05, 3.63) is 23.8 Å². The van der Waals surface area contributed by atoms with Crippen molar-refractivity contribution in [3.63, 3.8) is 0 Å². The molecule has 2 fully saturated rings. The van der Waals surface area contributed by atoms with E-state index in [9.17, 15) is 18.0 Å². The Bertz CT molecular complexity index is 702. The largest absolute Gasteiger partial charge is 0.273 e. The molecule has 0 radical (unpaired) electrons. The number of nitrogens with zero attached hydrogens (tertiary/aromatic N) is 2. The number of carbonyl (C=O) groups excluding carboxylic acids is 2. The van der Waals surface area contributed by atoms with Gasteiger partial charge in [-0.2, -0.15) is 0 Å². The second kappa shape index (κ2) is 5.37. The maximum Gasteiger partial charge on any atom is 0.262 e. The van der Waals surface area contributed by atoms with Crippen LogP contribution >= 0.6 is 0 Å². The molecule has 3 rings (SSSR count). The minimum absolute atomic E-state index is 0.231. The average molecular weight is 356 g/mol. The van der Waals surface area contributed by atoms with E-state index in [4.69, 9.17) is 0 Å². The van der Waals surface area contributed by atoms with E-state index in [2.05, 4.69) is 6.58 Å². The molecule has 2 aliphatic heterocycles. The van der Waals surface area contributed by atoms with E-state index < -0.39 is 37.9 Å². The van der Waals surface area contributed by atoms with Gasteiger partial charge in [0.25, 0.3) is 5.91 Å². The molecule has 0 N–H and O–H groups in total. The van der Waals surface area contributed by atoms with Crippen LogP contribution < -0.4 is 0 Å². The molecule has 23 heavy (non-hydrogen) atoms. The summed E-state index contributed by atoms with van der Waals surface area (Å²) in [5.74, 6) is -0.504. The van der Waals surface area contributed by atoms with Crippen molar-refractivity contribution < 1.29 is 18.0 Å². The van der Waals surface area contributed by atoms with E-state index in [0.29, 0.717) is 30.7 Å². The van der Waals surface area contributed by atoms with E-state index in [1.807, 2.05) is 0 Å². The van der Waals surface area contributed by atoms with Crippen molar-refractivity contribution in [1.82, 2.24) is 8.61 Å². The first kappa shape index (κ1) is 16.6. The van der Waals surface area contributed by atoms with Gasteiger partial charge in [0.2, 0.25) is 5.91 Å². The van der Waals surface area contributed by atoms with Crippen molar-refractivity contribution in [3.8, 4) is 0 Å². The standard InChI is InChI=1S/C15H20N2O4S2/c1-5-16-13(18)10-7-8-15(9(3)4)12(11(10)22(16)20)23(21)17(6-2)14(15)19/h7,11-12H,3,5-6,8H2,1-2,4H3/t11-,12-,15-,22?,23?/m0/s1. The molecule has 2 heterocycles. The molecule has 2 saturated heterocycles. The summed E-state index contributed by atoms with van der Waals surface area (Å²) in [6.45, 7) is 9.87. The third-order valence-electron chi connectivity index (χ3n) is 5.00. The topological polar surface area (TPSA) is 74.8 Å². The van der Waals surface area contributed by atoms with Gasteiger partial charge in [0.15, 0.2) is 0 Å². The Balaban J connectivity index is 2.20. The number of allylic oxidation sites excluding steroid dienone is 1. The molecular weight excluding hydrogens is 336 g/mol. The number of fused-ring (bicyclic) bond motifs is 3. The average Bonchev–Trinajstić information content (AvgIpc) is 2.89. The summed E-state index contributed by atoms with van der Waals surface area (Å²) < 4.78 is 28.4. The number of hydrogen-bond acceptors (Lipinski definition) is 4. The molecule has 0 saturated carbocycles. The lowest BCUT2D eigenvalue weighted by Gasteiger charge is -2.36. The summed E-state index contributed by atoms with van der Waals surface area (Å²) >= 11 is 0. The maximum absolute atomic E-state index is 13.0. The Kier molecular flexibility index (Phi) is 3.87. The molecule has 0 spiro atoms. The molecule has 2 amide bonds. The predicted molar refractivity (Wildman–Crippen MR) is 88.6 cm³/mol. The van der Waals surface area contributed by atoms with Crippen LogP contribution in [0.3, 0.4) is 0 Å². The van der Waals surface area contributed by atoms with Crippen LogP contribution in [0.15, 0.2) is 23.8 Å². The van der Waals surface area contributed by atoms with Crippen LogP contribution in [0.4, 0.5) is 0 Å². The molecule has 0 aromatic rings. The fourth-order valence-electron chi connectivity index (χ4n) is 3.78. The zero-order chi connectivity index (χ0) is 17.1. The Morgan fingerprint density at radius 1 is 1.26 bits per heavy atom. The van der Waals surface area contributed by atoms with Crippen molar-refractivity contribution in [1.29, 1.82) is 0 Å². The zero-order valence-electron chi connectivity index (χ0n) is 13.4. The molecule has 1 aliphatic carbocycles. The molecule has 8 heteroatoms. The molecule has 3 aliphatic rings. The van der Waals surface area contributed by atoms with Crippen LogP contribution in [0.5, 0.6) is 0 Å². The first-order valence-electron chi connectivity index (χ1n) is 7.64. The zero-order valence-corrected chi connectivity index (χ0v) is 15.0.